The summed E-state index contributed by atoms with van der Waals surface area (Å²) in [5.41, 5.74) is 12.0. The van der Waals surface area contributed by atoms with Gasteiger partial charge in [0.2, 0.25) is 0 Å². The second-order valence-electron chi connectivity index (χ2n) is 9.09. The van der Waals surface area contributed by atoms with Crippen molar-refractivity contribution in [1.29, 1.82) is 0 Å². The molecule has 6 heteroatoms. The van der Waals surface area contributed by atoms with E-state index in [2.05, 4.69) is 60.1 Å². The van der Waals surface area contributed by atoms with Gasteiger partial charge in [0, 0.05) is 24.4 Å². The minimum Gasteiger partial charge on any atom is -0.505 e. The molecule has 0 saturated carbocycles. The van der Waals surface area contributed by atoms with Gasteiger partial charge in [0.1, 0.15) is 6.17 Å². The fourth-order valence-corrected chi connectivity index (χ4v) is 5.37. The number of aliphatic hydroxyl groups excluding tert-OH is 1. The van der Waals surface area contributed by atoms with Crippen molar-refractivity contribution in [1.82, 2.24) is 14.9 Å². The van der Waals surface area contributed by atoms with Crippen LogP contribution in [0.3, 0.4) is 0 Å². The number of amides is 1. The average Bonchev–Trinajstić information content (AvgIpc) is 2.97. The van der Waals surface area contributed by atoms with E-state index in [-0.39, 0.29) is 36.0 Å². The van der Waals surface area contributed by atoms with Crippen LogP contribution in [-0.4, -0.2) is 44.7 Å². The highest BCUT2D eigenvalue weighted by Gasteiger charge is 2.48. The Morgan fingerprint density at radius 1 is 1.06 bits per heavy atom. The van der Waals surface area contributed by atoms with Gasteiger partial charge in [-0.3, -0.25) is 9.80 Å². The van der Waals surface area contributed by atoms with E-state index in [0.29, 0.717) is 5.57 Å². The summed E-state index contributed by atoms with van der Waals surface area (Å²) in [7, 11) is 0. The lowest BCUT2D eigenvalue weighted by Crippen LogP contribution is -2.67. The van der Waals surface area contributed by atoms with Gasteiger partial charge in [-0.25, -0.2) is 0 Å². The fourth-order valence-electron chi connectivity index (χ4n) is 5.37. The van der Waals surface area contributed by atoms with Gasteiger partial charge < -0.3 is 15.7 Å². The molecule has 1 saturated heterocycles. The third-order valence-corrected chi connectivity index (χ3v) is 6.88. The highest BCUT2D eigenvalue weighted by Crippen LogP contribution is 2.43. The zero-order chi connectivity index (χ0) is 23.3. The molecule has 0 radical (unpaired) electrons. The highest BCUT2D eigenvalue weighted by atomic mass is 16.3. The molecule has 2 aliphatic heterocycles. The van der Waals surface area contributed by atoms with Crippen molar-refractivity contribution in [2.45, 2.75) is 44.9 Å². The van der Waals surface area contributed by atoms with Gasteiger partial charge >= 0.3 is 0 Å². The monoisotopic (exact) mass is 442 g/mol. The largest absolute Gasteiger partial charge is 0.505 e. The number of aliphatic hydroxyl groups is 1. The van der Waals surface area contributed by atoms with Crippen LogP contribution in [0.25, 0.3) is 0 Å². The SMILES string of the molecule is C=C1C=CN2C(=C1O)C(=O)N(C(C)C)C(CN)N2C1c2ccccc2CCc2ccccc21. The van der Waals surface area contributed by atoms with Gasteiger partial charge in [-0.05, 0) is 55.0 Å². The Hall–Kier alpha value is -3.35. The van der Waals surface area contributed by atoms with Crippen molar-refractivity contribution < 1.29 is 9.90 Å². The Labute approximate surface area is 194 Å². The second-order valence-corrected chi connectivity index (χ2v) is 9.09. The molecule has 170 valence electrons. The molecular weight excluding hydrogens is 412 g/mol. The molecular formula is C27H30N4O2. The molecule has 1 atom stereocenters. The number of carbonyl (C=O) groups is 1. The quantitative estimate of drug-likeness (QED) is 0.757. The molecule has 2 aromatic carbocycles. The summed E-state index contributed by atoms with van der Waals surface area (Å²) in [6.45, 7) is 8.13. The average molecular weight is 443 g/mol. The third-order valence-electron chi connectivity index (χ3n) is 6.88. The minimum atomic E-state index is -0.394. The normalized spacial score (nSPS) is 21.3. The summed E-state index contributed by atoms with van der Waals surface area (Å²) in [6.07, 6.45) is 5.06. The van der Waals surface area contributed by atoms with Crippen molar-refractivity contribution in [3.63, 3.8) is 0 Å². The van der Waals surface area contributed by atoms with E-state index in [9.17, 15) is 9.90 Å². The smallest absolute Gasteiger partial charge is 0.277 e. The van der Waals surface area contributed by atoms with E-state index in [0.717, 1.165) is 12.8 Å². The van der Waals surface area contributed by atoms with Crippen LogP contribution in [0.1, 0.15) is 42.1 Å². The molecule has 2 aromatic rings. The van der Waals surface area contributed by atoms with E-state index >= 15 is 0 Å². The number of aryl methyl sites for hydroxylation is 2. The maximum absolute atomic E-state index is 13.6. The molecule has 3 aliphatic rings. The van der Waals surface area contributed by atoms with Crippen molar-refractivity contribution >= 4 is 5.91 Å². The van der Waals surface area contributed by atoms with Crippen molar-refractivity contribution in [3.8, 4) is 0 Å². The van der Waals surface area contributed by atoms with Crippen molar-refractivity contribution in [2.24, 2.45) is 5.73 Å². The molecule has 1 amide bonds. The summed E-state index contributed by atoms with van der Waals surface area (Å²) in [5, 5.41) is 14.9. The highest BCUT2D eigenvalue weighted by molar-refractivity contribution is 5.95. The summed E-state index contributed by atoms with van der Waals surface area (Å²) >= 11 is 0. The van der Waals surface area contributed by atoms with E-state index in [1.165, 1.54) is 22.3 Å². The molecule has 1 unspecified atom stereocenters. The number of nitrogens with zero attached hydrogens (tertiary/aromatic N) is 3. The first-order valence-electron chi connectivity index (χ1n) is 11.5. The molecule has 6 nitrogen and oxygen atoms in total. The van der Waals surface area contributed by atoms with Gasteiger partial charge in [-0.1, -0.05) is 55.1 Å². The molecule has 0 bridgehead atoms. The van der Waals surface area contributed by atoms with E-state index < -0.39 is 6.17 Å². The lowest BCUT2D eigenvalue weighted by molar-refractivity contribution is -0.168. The summed E-state index contributed by atoms with van der Waals surface area (Å²) in [6, 6.07) is 16.7. The van der Waals surface area contributed by atoms with Crippen molar-refractivity contribution in [3.05, 3.63) is 107 Å². The van der Waals surface area contributed by atoms with Crippen LogP contribution >= 0.6 is 0 Å². The van der Waals surface area contributed by atoms with Gasteiger partial charge in [0.25, 0.3) is 5.91 Å². The van der Waals surface area contributed by atoms with Crippen LogP contribution in [-0.2, 0) is 17.6 Å². The number of benzene rings is 2. The lowest BCUT2D eigenvalue weighted by atomic mass is 9.92. The van der Waals surface area contributed by atoms with Crippen LogP contribution in [0, 0.1) is 0 Å². The predicted octanol–water partition coefficient (Wildman–Crippen LogP) is 3.78. The summed E-state index contributed by atoms with van der Waals surface area (Å²) in [5.74, 6) is -0.335. The molecule has 1 fully saturated rings. The number of fused-ring (bicyclic) bond motifs is 3. The molecule has 2 heterocycles. The lowest BCUT2D eigenvalue weighted by Gasteiger charge is -2.54. The van der Waals surface area contributed by atoms with E-state index in [1.54, 1.807) is 16.0 Å². The van der Waals surface area contributed by atoms with Crippen LogP contribution in [0.4, 0.5) is 0 Å². The molecule has 3 N–H and O–H groups in total. The van der Waals surface area contributed by atoms with Gasteiger partial charge in [0.05, 0.1) is 6.04 Å². The van der Waals surface area contributed by atoms with Crippen LogP contribution < -0.4 is 5.73 Å². The second kappa shape index (κ2) is 8.21. The minimum absolute atomic E-state index is 0.0937. The Kier molecular flexibility index (Phi) is 5.35. The van der Waals surface area contributed by atoms with Gasteiger partial charge in [-0.15, -0.1) is 0 Å². The number of allylic oxidation sites excluding steroid dienone is 1. The number of carbonyl (C=O) groups excluding carboxylic acids is 1. The fraction of sp³-hybridized carbons (Fsp3) is 0.296. The van der Waals surface area contributed by atoms with E-state index in [4.69, 9.17) is 5.73 Å². The maximum Gasteiger partial charge on any atom is 0.277 e. The zero-order valence-electron chi connectivity index (χ0n) is 19.1. The number of nitrogens with two attached hydrogens (primary N) is 1. The van der Waals surface area contributed by atoms with Gasteiger partial charge in [-0.2, -0.15) is 5.01 Å². The van der Waals surface area contributed by atoms with Crippen LogP contribution in [0.2, 0.25) is 0 Å². The maximum atomic E-state index is 13.6. The standard InChI is InChI=1S/C27H30N4O2/c1-17(2)30-23(16-28)31(29-15-14-18(3)26(32)25(29)27(30)33)24-21-10-6-4-8-19(21)12-13-20-9-5-7-11-22(20)24/h4-11,14-15,17,23-24,32H,3,12-13,16,28H2,1-2H3. The molecule has 0 aromatic heterocycles. The third kappa shape index (κ3) is 3.29. The molecule has 0 spiro atoms. The molecule has 5 rings (SSSR count). The first-order chi connectivity index (χ1) is 15.9. The van der Waals surface area contributed by atoms with Crippen LogP contribution in [0.15, 0.2) is 84.4 Å². The van der Waals surface area contributed by atoms with Crippen molar-refractivity contribution in [2.75, 3.05) is 6.54 Å². The number of hydrogen-bond acceptors (Lipinski definition) is 5. The first-order valence-corrected chi connectivity index (χ1v) is 11.5. The summed E-state index contributed by atoms with van der Waals surface area (Å²) in [4.78, 5) is 15.4. The Morgan fingerprint density at radius 2 is 1.64 bits per heavy atom. The number of hydrogen-bond donors (Lipinski definition) is 2. The van der Waals surface area contributed by atoms with Gasteiger partial charge in [0.15, 0.2) is 11.5 Å². The first kappa shape index (κ1) is 21.5. The predicted molar refractivity (Wildman–Crippen MR) is 129 cm³/mol. The Bertz CT molecular complexity index is 1130. The topological polar surface area (TPSA) is 73.0 Å². The Balaban J connectivity index is 1.79. The molecule has 33 heavy (non-hydrogen) atoms. The Morgan fingerprint density at radius 3 is 2.18 bits per heavy atom. The summed E-state index contributed by atoms with van der Waals surface area (Å²) < 4.78 is 0. The molecule has 1 aliphatic carbocycles. The zero-order valence-corrected chi connectivity index (χ0v) is 19.1. The number of hydrazine groups is 1. The van der Waals surface area contributed by atoms with Crippen LogP contribution in [0.5, 0.6) is 0 Å². The van der Waals surface area contributed by atoms with E-state index in [1.807, 2.05) is 20.0 Å². The number of rotatable bonds is 3.